The van der Waals surface area contributed by atoms with Crippen LogP contribution in [0, 0.1) is 5.82 Å². The van der Waals surface area contributed by atoms with Crippen LogP contribution in [-0.2, 0) is 6.54 Å². The second-order valence-corrected chi connectivity index (χ2v) is 5.27. The van der Waals surface area contributed by atoms with Crippen LogP contribution in [-0.4, -0.2) is 11.5 Å². The van der Waals surface area contributed by atoms with Gasteiger partial charge in [-0.25, -0.2) is 9.37 Å². The van der Waals surface area contributed by atoms with Gasteiger partial charge in [0.1, 0.15) is 10.8 Å². The summed E-state index contributed by atoms with van der Waals surface area (Å²) in [6, 6.07) is 11.0. The highest BCUT2D eigenvalue weighted by molar-refractivity contribution is 7.99. The van der Waals surface area contributed by atoms with Crippen molar-refractivity contribution < 1.29 is 4.39 Å². The molecule has 0 amide bonds. The van der Waals surface area contributed by atoms with Crippen LogP contribution in [0.25, 0.3) is 0 Å². The normalized spacial score (nSPS) is 10.6. The first kappa shape index (κ1) is 14.0. The zero-order chi connectivity index (χ0) is 13.5. The van der Waals surface area contributed by atoms with Gasteiger partial charge in [0, 0.05) is 17.6 Å². The average molecular weight is 276 g/mol. The molecule has 0 saturated heterocycles. The number of aromatic nitrogens is 1. The number of benzene rings is 1. The summed E-state index contributed by atoms with van der Waals surface area (Å²) in [7, 11) is 0. The van der Waals surface area contributed by atoms with E-state index in [4.69, 9.17) is 0 Å². The molecule has 0 atom stereocenters. The number of halogens is 1. The van der Waals surface area contributed by atoms with E-state index in [1.165, 1.54) is 11.8 Å². The van der Waals surface area contributed by atoms with Crippen molar-refractivity contribution in [1.82, 2.24) is 10.3 Å². The zero-order valence-corrected chi connectivity index (χ0v) is 11.7. The molecule has 0 bridgehead atoms. The minimum Gasteiger partial charge on any atom is -0.313 e. The lowest BCUT2D eigenvalue weighted by Crippen LogP contribution is -2.13. The quantitative estimate of drug-likeness (QED) is 0.811. The van der Waals surface area contributed by atoms with Crippen molar-refractivity contribution in [3.63, 3.8) is 0 Å². The van der Waals surface area contributed by atoms with Gasteiger partial charge in [-0.05, 0) is 42.8 Å². The Morgan fingerprint density at radius 2 is 2.16 bits per heavy atom. The van der Waals surface area contributed by atoms with Gasteiger partial charge in [-0.2, -0.15) is 0 Å². The summed E-state index contributed by atoms with van der Waals surface area (Å²) in [6.45, 7) is 3.77. The third-order valence-electron chi connectivity index (χ3n) is 2.60. The molecule has 1 aromatic heterocycles. The van der Waals surface area contributed by atoms with Crippen LogP contribution in [0.2, 0.25) is 0 Å². The summed E-state index contributed by atoms with van der Waals surface area (Å²) in [6.07, 6.45) is 2.79. The zero-order valence-electron chi connectivity index (χ0n) is 10.9. The van der Waals surface area contributed by atoms with E-state index in [1.54, 1.807) is 12.3 Å². The number of hydrogen-bond acceptors (Lipinski definition) is 3. The summed E-state index contributed by atoms with van der Waals surface area (Å²) in [5.74, 6) is -0.188. The molecular formula is C15H17FN2S. The molecule has 2 rings (SSSR count). The largest absolute Gasteiger partial charge is 0.313 e. The monoisotopic (exact) mass is 276 g/mol. The van der Waals surface area contributed by atoms with Gasteiger partial charge in [0.15, 0.2) is 0 Å². The maximum Gasteiger partial charge on any atom is 0.137 e. The predicted octanol–water partition coefficient (Wildman–Crippen LogP) is 3.87. The second-order valence-electron chi connectivity index (χ2n) is 4.21. The summed E-state index contributed by atoms with van der Waals surface area (Å²) < 4.78 is 14.0. The molecule has 19 heavy (non-hydrogen) atoms. The first-order valence-corrected chi connectivity index (χ1v) is 7.19. The van der Waals surface area contributed by atoms with Crippen molar-refractivity contribution in [3.8, 4) is 0 Å². The lowest BCUT2D eigenvalue weighted by Gasteiger charge is -2.06. The van der Waals surface area contributed by atoms with Gasteiger partial charge in [-0.3, -0.25) is 0 Å². The molecule has 0 aliphatic rings. The van der Waals surface area contributed by atoms with E-state index in [0.717, 1.165) is 23.6 Å². The Bertz CT molecular complexity index is 517. The van der Waals surface area contributed by atoms with E-state index in [-0.39, 0.29) is 5.82 Å². The van der Waals surface area contributed by atoms with Gasteiger partial charge in [0.2, 0.25) is 0 Å². The van der Waals surface area contributed by atoms with Crippen molar-refractivity contribution in [2.75, 3.05) is 6.54 Å². The van der Waals surface area contributed by atoms with Crippen LogP contribution in [0.1, 0.15) is 18.9 Å². The lowest BCUT2D eigenvalue weighted by atomic mass is 10.2. The third-order valence-corrected chi connectivity index (χ3v) is 3.61. The maximum absolute atomic E-state index is 14.0. The number of rotatable bonds is 6. The van der Waals surface area contributed by atoms with Gasteiger partial charge in [-0.1, -0.05) is 30.8 Å². The fraction of sp³-hybridized carbons (Fsp3) is 0.267. The van der Waals surface area contributed by atoms with Crippen LogP contribution in [0.3, 0.4) is 0 Å². The molecule has 1 aromatic carbocycles. The van der Waals surface area contributed by atoms with Gasteiger partial charge in [0.05, 0.1) is 0 Å². The van der Waals surface area contributed by atoms with Crippen LogP contribution < -0.4 is 5.32 Å². The van der Waals surface area contributed by atoms with E-state index in [2.05, 4.69) is 17.2 Å². The molecule has 0 spiro atoms. The van der Waals surface area contributed by atoms with Crippen LogP contribution in [0.4, 0.5) is 4.39 Å². The minimum atomic E-state index is -0.188. The van der Waals surface area contributed by atoms with Crippen LogP contribution in [0.5, 0.6) is 0 Å². The van der Waals surface area contributed by atoms with Crippen molar-refractivity contribution in [1.29, 1.82) is 0 Å². The van der Waals surface area contributed by atoms with Crippen LogP contribution in [0.15, 0.2) is 52.5 Å². The highest BCUT2D eigenvalue weighted by atomic mass is 32.2. The Labute approximate surface area is 117 Å². The Morgan fingerprint density at radius 1 is 1.26 bits per heavy atom. The van der Waals surface area contributed by atoms with Crippen molar-refractivity contribution in [3.05, 3.63) is 54.0 Å². The molecule has 0 saturated carbocycles. The molecule has 2 aromatic rings. The Kier molecular flexibility index (Phi) is 5.36. The molecule has 2 nitrogen and oxygen atoms in total. The summed E-state index contributed by atoms with van der Waals surface area (Å²) in [5.41, 5.74) is 0.969. The number of nitrogens with one attached hydrogen (secondary N) is 1. The van der Waals surface area contributed by atoms with Gasteiger partial charge < -0.3 is 5.32 Å². The number of hydrogen-bond donors (Lipinski definition) is 1. The fourth-order valence-corrected chi connectivity index (χ4v) is 2.44. The summed E-state index contributed by atoms with van der Waals surface area (Å²) >= 11 is 1.34. The predicted molar refractivity (Wildman–Crippen MR) is 76.8 cm³/mol. The lowest BCUT2D eigenvalue weighted by molar-refractivity contribution is 0.595. The first-order valence-electron chi connectivity index (χ1n) is 6.37. The van der Waals surface area contributed by atoms with E-state index >= 15 is 0 Å². The molecule has 0 aliphatic heterocycles. The van der Waals surface area contributed by atoms with Gasteiger partial charge in [0.25, 0.3) is 0 Å². The molecule has 0 aliphatic carbocycles. The molecule has 0 fully saturated rings. The van der Waals surface area contributed by atoms with Gasteiger partial charge in [-0.15, -0.1) is 0 Å². The second kappa shape index (κ2) is 7.26. The smallest absolute Gasteiger partial charge is 0.137 e. The topological polar surface area (TPSA) is 24.9 Å². The summed E-state index contributed by atoms with van der Waals surface area (Å²) in [4.78, 5) is 4.79. The van der Waals surface area contributed by atoms with Crippen molar-refractivity contribution in [2.24, 2.45) is 0 Å². The SMILES string of the molecule is CCCNCc1ccc(Sc2ccccn2)c(F)c1. The van der Waals surface area contributed by atoms with Gasteiger partial charge >= 0.3 is 0 Å². The van der Waals surface area contributed by atoms with Crippen molar-refractivity contribution in [2.45, 2.75) is 29.8 Å². The molecule has 100 valence electrons. The highest BCUT2D eigenvalue weighted by Crippen LogP contribution is 2.28. The molecule has 4 heteroatoms. The van der Waals surface area contributed by atoms with Crippen LogP contribution >= 0.6 is 11.8 Å². The van der Waals surface area contributed by atoms with E-state index in [9.17, 15) is 4.39 Å². The van der Waals surface area contributed by atoms with Crippen molar-refractivity contribution >= 4 is 11.8 Å². The number of pyridine rings is 1. The minimum absolute atomic E-state index is 0.188. The van der Waals surface area contributed by atoms with E-state index < -0.39 is 0 Å². The maximum atomic E-state index is 14.0. The van der Waals surface area contributed by atoms with E-state index in [0.29, 0.717) is 11.4 Å². The fourth-order valence-electron chi connectivity index (χ4n) is 1.67. The molecular weight excluding hydrogens is 259 g/mol. The average Bonchev–Trinajstić information content (AvgIpc) is 2.43. The third kappa shape index (κ3) is 4.33. The molecule has 1 heterocycles. The number of nitrogens with zero attached hydrogens (tertiary/aromatic N) is 1. The molecule has 0 radical (unpaired) electrons. The standard InChI is InChI=1S/C15H17FN2S/c1-2-8-17-11-12-6-7-14(13(16)10-12)19-15-5-3-4-9-18-15/h3-7,9-10,17H,2,8,11H2,1H3. The Morgan fingerprint density at radius 3 is 2.84 bits per heavy atom. The molecule has 0 unspecified atom stereocenters. The highest BCUT2D eigenvalue weighted by Gasteiger charge is 2.06. The first-order chi connectivity index (χ1) is 9.29. The van der Waals surface area contributed by atoms with E-state index in [1.807, 2.05) is 30.3 Å². The Hall–Kier alpha value is -1.39. The summed E-state index contributed by atoms with van der Waals surface area (Å²) in [5, 5.41) is 4.07. The molecule has 1 N–H and O–H groups in total. The Balaban J connectivity index is 2.03.